The molecule has 1 saturated carbocycles. The molecule has 5 heteroatoms. The summed E-state index contributed by atoms with van der Waals surface area (Å²) in [6.07, 6.45) is 2.66. The number of hydrogen-bond donors (Lipinski definition) is 1. The van der Waals surface area contributed by atoms with Crippen LogP contribution < -0.4 is 5.73 Å². The summed E-state index contributed by atoms with van der Waals surface area (Å²) in [4.78, 5) is 2.21. The highest BCUT2D eigenvalue weighted by molar-refractivity contribution is 9.10. The van der Waals surface area contributed by atoms with Gasteiger partial charge in [0.15, 0.2) is 0 Å². The third-order valence-corrected chi connectivity index (χ3v) is 4.54. The Labute approximate surface area is 134 Å². The Morgan fingerprint density at radius 3 is 2.85 bits per heavy atom. The molecule has 2 rings (SSSR count). The summed E-state index contributed by atoms with van der Waals surface area (Å²) in [5, 5.41) is 0.751. The van der Waals surface area contributed by atoms with E-state index in [4.69, 9.17) is 22.1 Å². The summed E-state index contributed by atoms with van der Waals surface area (Å²) in [6.45, 7) is 3.05. The zero-order chi connectivity index (χ0) is 14.5. The number of nitrogens with zero attached hydrogens (tertiary/aromatic N) is 1. The third-order valence-electron chi connectivity index (χ3n) is 3.72. The van der Waals surface area contributed by atoms with Crippen molar-refractivity contribution in [1.29, 1.82) is 0 Å². The topological polar surface area (TPSA) is 38.5 Å². The Morgan fingerprint density at radius 2 is 2.25 bits per heavy atom. The lowest BCUT2D eigenvalue weighted by Gasteiger charge is -2.28. The largest absolute Gasteiger partial charge is 0.380 e. The van der Waals surface area contributed by atoms with Crippen molar-refractivity contribution in [3.05, 3.63) is 33.3 Å². The van der Waals surface area contributed by atoms with E-state index in [1.807, 2.05) is 18.2 Å². The van der Waals surface area contributed by atoms with Gasteiger partial charge in [-0.1, -0.05) is 33.6 Å². The number of hydrogen-bond acceptors (Lipinski definition) is 3. The molecule has 0 aromatic heterocycles. The molecule has 1 fully saturated rings. The van der Waals surface area contributed by atoms with Gasteiger partial charge in [-0.25, -0.2) is 0 Å². The quantitative estimate of drug-likeness (QED) is 0.721. The lowest BCUT2D eigenvalue weighted by molar-refractivity contribution is 0.0923. The average molecular weight is 362 g/mol. The van der Waals surface area contributed by atoms with Crippen LogP contribution in [0.2, 0.25) is 5.02 Å². The fraction of sp³-hybridized carbons (Fsp3) is 0.600. The minimum Gasteiger partial charge on any atom is -0.380 e. The molecule has 0 saturated heterocycles. The van der Waals surface area contributed by atoms with Crippen molar-refractivity contribution in [2.24, 2.45) is 11.7 Å². The zero-order valence-electron chi connectivity index (χ0n) is 11.8. The summed E-state index contributed by atoms with van der Waals surface area (Å²) in [5.41, 5.74) is 6.99. The van der Waals surface area contributed by atoms with Crippen LogP contribution >= 0.6 is 27.5 Å². The number of likely N-dealkylation sites (N-methyl/N-ethyl adjacent to an activating group) is 1. The monoisotopic (exact) mass is 360 g/mol. The molecule has 2 N–H and O–H groups in total. The van der Waals surface area contributed by atoms with E-state index in [1.165, 1.54) is 12.8 Å². The second-order valence-corrected chi connectivity index (χ2v) is 6.74. The van der Waals surface area contributed by atoms with Gasteiger partial charge in [-0.15, -0.1) is 0 Å². The van der Waals surface area contributed by atoms with Crippen LogP contribution in [0.4, 0.5) is 0 Å². The third kappa shape index (κ3) is 4.71. The minimum absolute atomic E-state index is 0.125. The maximum atomic E-state index is 6.31. The summed E-state index contributed by atoms with van der Waals surface area (Å²) in [5.74, 6) is 0.812. The highest BCUT2D eigenvalue weighted by atomic mass is 79.9. The SMILES string of the molecule is CN(CCOCC1CC1)C(CN)c1ccc(Br)cc1Cl. The number of rotatable bonds is 8. The van der Waals surface area contributed by atoms with Gasteiger partial charge in [0, 0.05) is 35.2 Å². The van der Waals surface area contributed by atoms with Gasteiger partial charge in [-0.3, -0.25) is 4.90 Å². The normalized spacial score (nSPS) is 16.6. The minimum atomic E-state index is 0.125. The standard InChI is InChI=1S/C15H22BrClN2O/c1-19(6-7-20-10-11-2-3-11)15(9-18)13-5-4-12(16)8-14(13)17/h4-5,8,11,15H,2-3,6-7,9-10,18H2,1H3. The number of benzene rings is 1. The van der Waals surface area contributed by atoms with Gasteiger partial charge in [0.25, 0.3) is 0 Å². The predicted octanol–water partition coefficient (Wildman–Crippen LogP) is 3.46. The van der Waals surface area contributed by atoms with Crippen molar-refractivity contribution in [2.45, 2.75) is 18.9 Å². The number of halogens is 2. The Hall–Kier alpha value is -0.130. The van der Waals surface area contributed by atoms with E-state index in [0.29, 0.717) is 6.54 Å². The van der Waals surface area contributed by atoms with Gasteiger partial charge in [-0.2, -0.15) is 0 Å². The van der Waals surface area contributed by atoms with Crippen molar-refractivity contribution in [1.82, 2.24) is 4.90 Å². The molecule has 20 heavy (non-hydrogen) atoms. The highest BCUT2D eigenvalue weighted by Gasteiger charge is 2.22. The van der Waals surface area contributed by atoms with Crippen LogP contribution in [0, 0.1) is 5.92 Å². The molecule has 0 radical (unpaired) electrons. The van der Waals surface area contributed by atoms with Crippen LogP contribution in [0.3, 0.4) is 0 Å². The van der Waals surface area contributed by atoms with Crippen molar-refractivity contribution >= 4 is 27.5 Å². The van der Waals surface area contributed by atoms with Crippen LogP contribution in [0.5, 0.6) is 0 Å². The van der Waals surface area contributed by atoms with E-state index in [2.05, 4.69) is 27.9 Å². The number of nitrogens with two attached hydrogens (primary N) is 1. The molecule has 1 aliphatic carbocycles. The first kappa shape index (κ1) is 16.2. The van der Waals surface area contributed by atoms with Crippen molar-refractivity contribution < 1.29 is 4.74 Å². The molecule has 1 aliphatic rings. The van der Waals surface area contributed by atoms with Gasteiger partial charge in [0.2, 0.25) is 0 Å². The molecule has 0 bridgehead atoms. The lowest BCUT2D eigenvalue weighted by atomic mass is 10.1. The van der Waals surface area contributed by atoms with E-state index in [-0.39, 0.29) is 6.04 Å². The Morgan fingerprint density at radius 1 is 1.50 bits per heavy atom. The second kappa shape index (κ2) is 7.76. The highest BCUT2D eigenvalue weighted by Crippen LogP contribution is 2.30. The zero-order valence-corrected chi connectivity index (χ0v) is 14.2. The van der Waals surface area contributed by atoms with Crippen molar-refractivity contribution in [3.8, 4) is 0 Å². The summed E-state index contributed by atoms with van der Waals surface area (Å²) < 4.78 is 6.67. The fourth-order valence-corrected chi connectivity index (χ4v) is 3.01. The van der Waals surface area contributed by atoms with E-state index < -0.39 is 0 Å². The molecule has 1 atom stereocenters. The predicted molar refractivity (Wildman–Crippen MR) is 87.1 cm³/mol. The first-order valence-electron chi connectivity index (χ1n) is 7.04. The van der Waals surface area contributed by atoms with E-state index >= 15 is 0 Å². The molecule has 3 nitrogen and oxygen atoms in total. The molecule has 1 unspecified atom stereocenters. The van der Waals surface area contributed by atoms with Crippen molar-refractivity contribution in [2.75, 3.05) is 33.4 Å². The van der Waals surface area contributed by atoms with Gasteiger partial charge < -0.3 is 10.5 Å². The average Bonchev–Trinajstić information content (AvgIpc) is 3.22. The molecule has 1 aromatic carbocycles. The van der Waals surface area contributed by atoms with E-state index in [0.717, 1.165) is 40.7 Å². The summed E-state index contributed by atoms with van der Waals surface area (Å²) in [6, 6.07) is 6.07. The van der Waals surface area contributed by atoms with Crippen LogP contribution in [0.15, 0.2) is 22.7 Å². The van der Waals surface area contributed by atoms with Gasteiger partial charge >= 0.3 is 0 Å². The van der Waals surface area contributed by atoms with Gasteiger partial charge in [0.05, 0.1) is 6.61 Å². The van der Waals surface area contributed by atoms with E-state index in [1.54, 1.807) is 0 Å². The molecular weight excluding hydrogens is 340 g/mol. The Balaban J connectivity index is 1.88. The fourth-order valence-electron chi connectivity index (χ4n) is 2.21. The maximum Gasteiger partial charge on any atom is 0.0593 e. The Bertz CT molecular complexity index is 440. The second-order valence-electron chi connectivity index (χ2n) is 5.42. The van der Waals surface area contributed by atoms with E-state index in [9.17, 15) is 0 Å². The number of ether oxygens (including phenoxy) is 1. The van der Waals surface area contributed by atoms with Crippen molar-refractivity contribution in [3.63, 3.8) is 0 Å². The molecular formula is C15H22BrClN2O. The van der Waals surface area contributed by atoms with Crippen LogP contribution in [0.25, 0.3) is 0 Å². The molecule has 0 spiro atoms. The maximum absolute atomic E-state index is 6.31. The summed E-state index contributed by atoms with van der Waals surface area (Å²) >= 11 is 9.74. The molecule has 112 valence electrons. The van der Waals surface area contributed by atoms with Gasteiger partial charge in [0.1, 0.15) is 0 Å². The first-order chi connectivity index (χ1) is 9.61. The summed E-state index contributed by atoms with van der Waals surface area (Å²) in [7, 11) is 2.07. The Kier molecular flexibility index (Phi) is 6.30. The van der Waals surface area contributed by atoms with Gasteiger partial charge in [-0.05, 0) is 43.5 Å². The molecule has 0 heterocycles. The molecule has 1 aromatic rings. The smallest absolute Gasteiger partial charge is 0.0593 e. The lowest BCUT2D eigenvalue weighted by Crippen LogP contribution is -2.33. The van der Waals surface area contributed by atoms with Crippen LogP contribution in [0.1, 0.15) is 24.4 Å². The van der Waals surface area contributed by atoms with Crippen LogP contribution in [-0.2, 0) is 4.74 Å². The molecule has 0 aliphatic heterocycles. The first-order valence-corrected chi connectivity index (χ1v) is 8.22. The molecule has 0 amide bonds. The van der Waals surface area contributed by atoms with Crippen LogP contribution in [-0.4, -0.2) is 38.3 Å².